The van der Waals surface area contributed by atoms with E-state index in [1.54, 1.807) is 30.6 Å². The van der Waals surface area contributed by atoms with E-state index in [2.05, 4.69) is 36.2 Å². The van der Waals surface area contributed by atoms with E-state index in [4.69, 9.17) is 4.98 Å². The van der Waals surface area contributed by atoms with E-state index in [0.29, 0.717) is 33.3 Å². The van der Waals surface area contributed by atoms with Crippen LogP contribution in [0.25, 0.3) is 33.2 Å². The average Bonchev–Trinajstić information content (AvgIpc) is 3.48. The van der Waals surface area contributed by atoms with E-state index >= 15 is 0 Å². The molecular weight excluding hydrogens is 440 g/mol. The zero-order valence-electron chi connectivity index (χ0n) is 18.7. The molecule has 35 heavy (non-hydrogen) atoms. The summed E-state index contributed by atoms with van der Waals surface area (Å²) in [6.07, 6.45) is 5.28. The maximum Gasteiger partial charge on any atom is 0.228 e. The van der Waals surface area contributed by atoms with Crippen LogP contribution in [0.4, 0.5) is 5.82 Å². The van der Waals surface area contributed by atoms with E-state index in [1.807, 2.05) is 24.4 Å². The normalized spacial score (nSPS) is 16.3. The van der Waals surface area contributed by atoms with Gasteiger partial charge in [0.05, 0.1) is 28.9 Å². The molecule has 0 amide bonds. The van der Waals surface area contributed by atoms with Crippen LogP contribution >= 0.6 is 0 Å². The minimum absolute atomic E-state index is 0.224. The molecule has 0 atom stereocenters. The molecule has 3 N–H and O–H groups in total. The number of benzene rings is 1. The maximum atomic E-state index is 13.4. The number of aromatic amines is 2. The van der Waals surface area contributed by atoms with E-state index in [9.17, 15) is 10.1 Å². The first kappa shape index (κ1) is 19.9. The summed E-state index contributed by atoms with van der Waals surface area (Å²) >= 11 is 0. The standard InChI is InChI=1S/C26H20N8O/c27-8-16-2-1-15(7-18(16)19-9-28-10-21-17(19)5-6-30-21)23(35)25-31-20-3-4-22(32-24(20)33-25)34-13-26(14-34)11-29-12-26/h1-7,9-10,29-30H,11-14H2,(H,31,32,33). The van der Waals surface area contributed by atoms with Crippen molar-refractivity contribution in [1.29, 1.82) is 5.26 Å². The van der Waals surface area contributed by atoms with Gasteiger partial charge in [0.1, 0.15) is 5.82 Å². The molecule has 7 rings (SSSR count). The number of hydrogen-bond acceptors (Lipinski definition) is 7. The topological polar surface area (TPSA) is 126 Å². The van der Waals surface area contributed by atoms with Crippen LogP contribution in [0.1, 0.15) is 21.7 Å². The summed E-state index contributed by atoms with van der Waals surface area (Å²) in [6.45, 7) is 4.11. The Kier molecular flexibility index (Phi) is 4.10. The van der Waals surface area contributed by atoms with Gasteiger partial charge in [-0.1, -0.05) is 0 Å². The van der Waals surface area contributed by atoms with Crippen LogP contribution in [-0.4, -0.2) is 56.9 Å². The van der Waals surface area contributed by atoms with Crippen molar-refractivity contribution in [1.82, 2.24) is 30.2 Å². The predicted octanol–water partition coefficient (Wildman–Crippen LogP) is 3.01. The highest BCUT2D eigenvalue weighted by atomic mass is 16.1. The molecule has 1 spiro atoms. The largest absolute Gasteiger partial charge is 0.360 e. The Morgan fingerprint density at radius 1 is 1.03 bits per heavy atom. The van der Waals surface area contributed by atoms with Crippen molar-refractivity contribution in [2.75, 3.05) is 31.1 Å². The van der Waals surface area contributed by atoms with Crippen molar-refractivity contribution >= 4 is 33.7 Å². The summed E-state index contributed by atoms with van der Waals surface area (Å²) in [5.41, 5.74) is 4.86. The van der Waals surface area contributed by atoms with Crippen molar-refractivity contribution in [3.05, 3.63) is 71.9 Å². The first-order valence-electron chi connectivity index (χ1n) is 11.5. The van der Waals surface area contributed by atoms with Crippen LogP contribution in [0.15, 0.2) is 55.0 Å². The van der Waals surface area contributed by atoms with Gasteiger partial charge >= 0.3 is 0 Å². The van der Waals surface area contributed by atoms with Crippen molar-refractivity contribution < 1.29 is 4.79 Å². The Morgan fingerprint density at radius 2 is 1.91 bits per heavy atom. The molecule has 0 radical (unpaired) electrons. The fourth-order valence-corrected chi connectivity index (χ4v) is 5.13. The van der Waals surface area contributed by atoms with Gasteiger partial charge in [-0.2, -0.15) is 5.26 Å². The summed E-state index contributed by atoms with van der Waals surface area (Å²) in [4.78, 5) is 35.4. The van der Waals surface area contributed by atoms with E-state index in [0.717, 1.165) is 48.5 Å². The fourth-order valence-electron chi connectivity index (χ4n) is 5.13. The Balaban J connectivity index is 1.23. The first-order chi connectivity index (χ1) is 17.1. The molecule has 0 unspecified atom stereocenters. The SMILES string of the molecule is N#Cc1ccc(C(=O)c2nc3nc(N4CC5(CNC5)C4)ccc3[nH]2)cc1-c1cncc2[nH]ccc12. The minimum Gasteiger partial charge on any atom is -0.360 e. The summed E-state index contributed by atoms with van der Waals surface area (Å²) in [6, 6.07) is 13.1. The highest BCUT2D eigenvalue weighted by molar-refractivity contribution is 6.09. The van der Waals surface area contributed by atoms with Gasteiger partial charge in [0.15, 0.2) is 11.5 Å². The number of carbonyl (C=O) groups is 1. The van der Waals surface area contributed by atoms with Gasteiger partial charge in [0.2, 0.25) is 5.78 Å². The Morgan fingerprint density at radius 3 is 2.71 bits per heavy atom. The van der Waals surface area contributed by atoms with Gasteiger partial charge in [0.25, 0.3) is 0 Å². The zero-order valence-corrected chi connectivity index (χ0v) is 18.7. The van der Waals surface area contributed by atoms with E-state index in [1.165, 1.54) is 0 Å². The molecule has 2 aliphatic rings. The summed E-state index contributed by atoms with van der Waals surface area (Å²) in [5.74, 6) is 0.850. The molecule has 0 saturated carbocycles. The van der Waals surface area contributed by atoms with Crippen LogP contribution in [0, 0.1) is 16.7 Å². The summed E-state index contributed by atoms with van der Waals surface area (Å²) < 4.78 is 0. The molecule has 1 aromatic carbocycles. The Hall–Kier alpha value is -4.55. The molecule has 6 heterocycles. The lowest BCUT2D eigenvalue weighted by Crippen LogP contribution is -2.71. The van der Waals surface area contributed by atoms with Gasteiger partial charge < -0.3 is 20.2 Å². The predicted molar refractivity (Wildman–Crippen MR) is 131 cm³/mol. The van der Waals surface area contributed by atoms with Crippen LogP contribution in [-0.2, 0) is 0 Å². The smallest absolute Gasteiger partial charge is 0.228 e. The van der Waals surface area contributed by atoms with Crippen LogP contribution in [0.5, 0.6) is 0 Å². The molecule has 170 valence electrons. The third-order valence-electron chi connectivity index (χ3n) is 7.09. The minimum atomic E-state index is -0.257. The molecule has 9 nitrogen and oxygen atoms in total. The first-order valence-corrected chi connectivity index (χ1v) is 11.5. The van der Waals surface area contributed by atoms with Crippen LogP contribution < -0.4 is 10.2 Å². The van der Waals surface area contributed by atoms with E-state index in [-0.39, 0.29) is 11.6 Å². The number of rotatable bonds is 4. The summed E-state index contributed by atoms with van der Waals surface area (Å²) in [7, 11) is 0. The number of nitrogens with one attached hydrogen (secondary N) is 3. The van der Waals surface area contributed by atoms with Crippen molar-refractivity contribution in [3.8, 4) is 17.2 Å². The second kappa shape index (κ2) is 7.22. The van der Waals surface area contributed by atoms with Gasteiger partial charge in [-0.05, 0) is 36.4 Å². The number of pyridine rings is 2. The molecule has 0 aliphatic carbocycles. The second-order valence-corrected chi connectivity index (χ2v) is 9.41. The molecule has 0 bridgehead atoms. The molecule has 9 heteroatoms. The fraction of sp³-hybridized carbons (Fsp3) is 0.192. The van der Waals surface area contributed by atoms with Crippen molar-refractivity contribution in [2.24, 2.45) is 5.41 Å². The van der Waals surface area contributed by atoms with Crippen LogP contribution in [0.2, 0.25) is 0 Å². The number of imidazole rings is 1. The quantitative estimate of drug-likeness (QED) is 0.352. The van der Waals surface area contributed by atoms with Crippen LogP contribution in [0.3, 0.4) is 0 Å². The molecule has 2 aliphatic heterocycles. The molecule has 4 aromatic heterocycles. The second-order valence-electron chi connectivity index (χ2n) is 9.41. The Labute approximate surface area is 199 Å². The van der Waals surface area contributed by atoms with Gasteiger partial charge in [0, 0.05) is 66.1 Å². The number of aromatic nitrogens is 5. The lowest BCUT2D eigenvalue weighted by atomic mass is 9.74. The number of carbonyl (C=O) groups excluding carboxylic acids is 1. The van der Waals surface area contributed by atoms with Crippen molar-refractivity contribution in [2.45, 2.75) is 0 Å². The number of anilines is 1. The molecular formula is C26H20N8O. The molecule has 5 aromatic rings. The highest BCUT2D eigenvalue weighted by Crippen LogP contribution is 2.37. The lowest BCUT2D eigenvalue weighted by molar-refractivity contribution is 0.103. The number of hydrogen-bond donors (Lipinski definition) is 3. The molecule has 2 saturated heterocycles. The Bertz CT molecular complexity index is 1680. The number of nitrogens with zero attached hydrogens (tertiary/aromatic N) is 5. The number of H-pyrrole nitrogens is 2. The highest BCUT2D eigenvalue weighted by Gasteiger charge is 2.48. The summed E-state index contributed by atoms with van der Waals surface area (Å²) in [5, 5.41) is 14.0. The monoisotopic (exact) mass is 460 g/mol. The zero-order chi connectivity index (χ0) is 23.6. The lowest BCUT2D eigenvalue weighted by Gasteiger charge is -2.56. The number of ketones is 1. The average molecular weight is 461 g/mol. The number of fused-ring (bicyclic) bond motifs is 2. The maximum absolute atomic E-state index is 13.4. The van der Waals surface area contributed by atoms with Gasteiger partial charge in [-0.3, -0.25) is 9.78 Å². The van der Waals surface area contributed by atoms with Crippen molar-refractivity contribution in [3.63, 3.8) is 0 Å². The van der Waals surface area contributed by atoms with Gasteiger partial charge in [-0.25, -0.2) is 9.97 Å². The third-order valence-corrected chi connectivity index (χ3v) is 7.09. The van der Waals surface area contributed by atoms with Gasteiger partial charge in [-0.15, -0.1) is 0 Å². The number of nitriles is 1. The van der Waals surface area contributed by atoms with E-state index < -0.39 is 0 Å². The molecule has 2 fully saturated rings. The third kappa shape index (κ3) is 3.04.